The lowest BCUT2D eigenvalue weighted by atomic mass is 9.86. The van der Waals surface area contributed by atoms with E-state index >= 15 is 0 Å². The van der Waals surface area contributed by atoms with E-state index in [-0.39, 0.29) is 59.9 Å². The number of phenols is 1. The van der Waals surface area contributed by atoms with Crippen LogP contribution >= 0.6 is 0 Å². The highest BCUT2D eigenvalue weighted by atomic mass is 16.5. The molecular weight excluding hydrogens is 817 g/mol. The fourth-order valence-corrected chi connectivity index (χ4v) is 7.70. The van der Waals surface area contributed by atoms with Crippen molar-refractivity contribution in [2.45, 2.75) is 90.1 Å². The summed E-state index contributed by atoms with van der Waals surface area (Å²) in [7, 11) is 1.40. The molecule has 0 unspecified atom stereocenters. The third kappa shape index (κ3) is 10.5. The molecule has 3 aromatic carbocycles. The summed E-state index contributed by atoms with van der Waals surface area (Å²) in [6, 6.07) is 14.4. The van der Waals surface area contributed by atoms with Gasteiger partial charge in [0.15, 0.2) is 5.82 Å². The van der Waals surface area contributed by atoms with E-state index in [0.29, 0.717) is 47.2 Å². The molecule has 8 N–H and O–H groups in total. The Morgan fingerprint density at radius 3 is 2.28 bits per heavy atom. The van der Waals surface area contributed by atoms with E-state index in [9.17, 15) is 29.1 Å². The highest BCUT2D eigenvalue weighted by Crippen LogP contribution is 2.40. The number of nitriles is 1. The number of carbonyl (C=O) groups excluding carboxylic acids is 5. The van der Waals surface area contributed by atoms with Crippen LogP contribution in [-0.4, -0.2) is 107 Å². The molecule has 64 heavy (non-hydrogen) atoms. The average Bonchev–Trinajstić information content (AvgIpc) is 3.23. The van der Waals surface area contributed by atoms with Gasteiger partial charge in [0, 0.05) is 43.2 Å². The third-order valence-electron chi connectivity index (χ3n) is 11.4. The predicted octanol–water partition coefficient (Wildman–Crippen LogP) is 2.61. The van der Waals surface area contributed by atoms with Crippen LogP contribution in [0.3, 0.4) is 0 Å². The summed E-state index contributed by atoms with van der Waals surface area (Å²) >= 11 is 0. The number of amides is 5. The first-order chi connectivity index (χ1) is 30.4. The Morgan fingerprint density at radius 2 is 1.67 bits per heavy atom. The Balaban J connectivity index is 1.35. The van der Waals surface area contributed by atoms with Gasteiger partial charge in [-0.1, -0.05) is 57.2 Å². The van der Waals surface area contributed by atoms with Crippen LogP contribution in [0.1, 0.15) is 78.6 Å². The molecule has 0 radical (unpaired) electrons. The molecule has 2 aliphatic heterocycles. The molecule has 5 amide bonds. The minimum Gasteiger partial charge on any atom is -0.507 e. The van der Waals surface area contributed by atoms with Crippen molar-refractivity contribution in [2.75, 3.05) is 33.2 Å². The number of nitrogens with one attached hydrogen (secondary N) is 5. The van der Waals surface area contributed by atoms with E-state index in [1.54, 1.807) is 38.1 Å². The molecular formula is C47H56N10O7. The highest BCUT2D eigenvalue weighted by molar-refractivity contribution is 6.00. The first-order valence-electron chi connectivity index (χ1n) is 21.2. The molecule has 336 valence electrons. The maximum absolute atomic E-state index is 14.6. The van der Waals surface area contributed by atoms with Crippen LogP contribution in [0.15, 0.2) is 60.7 Å². The number of nitrogens with two attached hydrogens (primary N) is 1. The second-order valence-corrected chi connectivity index (χ2v) is 17.3. The van der Waals surface area contributed by atoms with Gasteiger partial charge in [0.05, 0.1) is 23.0 Å². The topological polar surface area (TPSA) is 254 Å². The summed E-state index contributed by atoms with van der Waals surface area (Å²) in [6.07, 6.45) is -0.165. The van der Waals surface area contributed by atoms with Crippen molar-refractivity contribution in [3.8, 4) is 40.1 Å². The van der Waals surface area contributed by atoms with Crippen LogP contribution in [0.25, 0.3) is 22.5 Å². The van der Waals surface area contributed by atoms with Crippen molar-refractivity contribution in [1.29, 1.82) is 5.26 Å². The number of fused-ring (bicyclic) bond motifs is 5. The van der Waals surface area contributed by atoms with Crippen LogP contribution in [0.4, 0.5) is 0 Å². The molecule has 17 nitrogen and oxygen atoms in total. The Bertz CT molecular complexity index is 2450. The summed E-state index contributed by atoms with van der Waals surface area (Å²) in [5.74, 6) is -2.67. The third-order valence-corrected chi connectivity index (χ3v) is 11.4. The van der Waals surface area contributed by atoms with Crippen molar-refractivity contribution in [3.05, 3.63) is 94.3 Å². The van der Waals surface area contributed by atoms with Crippen molar-refractivity contribution >= 4 is 29.5 Å². The summed E-state index contributed by atoms with van der Waals surface area (Å²) in [6.45, 7) is 12.1. The number of benzene rings is 3. The van der Waals surface area contributed by atoms with Crippen LogP contribution in [0, 0.1) is 25.2 Å². The average molecular weight is 873 g/mol. The molecule has 1 saturated heterocycles. The number of aryl methyl sites for hydroxylation is 2. The second-order valence-electron chi connectivity index (χ2n) is 17.3. The highest BCUT2D eigenvalue weighted by Gasteiger charge is 2.36. The van der Waals surface area contributed by atoms with Crippen LogP contribution in [0.2, 0.25) is 0 Å². The molecule has 4 bridgehead atoms. The number of likely N-dealkylation sites (N-methyl/N-ethyl adjacent to an activating group) is 1. The zero-order chi connectivity index (χ0) is 46.5. The van der Waals surface area contributed by atoms with Gasteiger partial charge in [-0.05, 0) is 80.1 Å². The van der Waals surface area contributed by atoms with E-state index in [4.69, 9.17) is 15.7 Å². The molecule has 6 rings (SSSR count). The number of hydrogen-bond donors (Lipinski definition) is 7. The Morgan fingerprint density at radius 1 is 0.984 bits per heavy atom. The zero-order valence-electron chi connectivity index (χ0n) is 37.2. The number of rotatable bonds is 11. The van der Waals surface area contributed by atoms with E-state index < -0.39 is 53.7 Å². The largest absolute Gasteiger partial charge is 0.507 e. The van der Waals surface area contributed by atoms with Crippen LogP contribution in [-0.2, 0) is 31.0 Å². The van der Waals surface area contributed by atoms with E-state index in [1.165, 1.54) is 26.1 Å². The standard InChI is InChI=1S/C47H56N10O7/c1-25-39(26(2)53-41(52-25)29-9-12-31(13-10-29)47(4,5)6)44(61)55-35(16-17-48)46(63)57(7)40-30-11-14-37(58)33(22-30)34-20-28(8-15-38(34)64-32-23-50-24-32)21-36(43(60)51-19-18-49)56-42(59)27(3)54-45(40)62/h8-15,20,22,27,32,35-36,40,50,58H,16-17,19,21,23-24,48H2,1-7H3,(H,51,60)(H,54,62)(H,55,61)(H,56,59)/t27-,35-,36-,40-/m0/s1. The minimum atomic E-state index is -1.42. The normalized spacial score (nSPS) is 18.2. The molecule has 0 saturated carbocycles. The molecule has 17 heteroatoms. The minimum absolute atomic E-state index is 0.00117. The van der Waals surface area contributed by atoms with Crippen molar-refractivity contribution in [1.82, 2.24) is 41.5 Å². The maximum Gasteiger partial charge on any atom is 0.255 e. The summed E-state index contributed by atoms with van der Waals surface area (Å²) in [5.41, 5.74) is 10.4. The Kier molecular flexibility index (Phi) is 14.3. The maximum atomic E-state index is 14.6. The smallest absolute Gasteiger partial charge is 0.255 e. The summed E-state index contributed by atoms with van der Waals surface area (Å²) < 4.78 is 6.30. The molecule has 0 spiro atoms. The lowest BCUT2D eigenvalue weighted by molar-refractivity contribution is -0.141. The SMILES string of the molecule is Cc1nc(-c2ccc(C(C)(C)C)cc2)nc(C)c1C(=O)N[C@@H](CCN)C(=O)N(C)[C@@H]1C(=O)N[C@@H](C)C(=O)N[C@H](C(=O)NCC#N)Cc2ccc(OC3CNC3)c(c2)-c2cc1ccc2O. The summed E-state index contributed by atoms with van der Waals surface area (Å²) in [5, 5.41) is 34.4. The van der Waals surface area contributed by atoms with Gasteiger partial charge in [-0.3, -0.25) is 24.0 Å². The van der Waals surface area contributed by atoms with Gasteiger partial charge in [-0.2, -0.15) is 5.26 Å². The van der Waals surface area contributed by atoms with Gasteiger partial charge in [0.25, 0.3) is 5.91 Å². The quantitative estimate of drug-likeness (QED) is 0.108. The number of aromatic nitrogens is 2. The first kappa shape index (κ1) is 46.6. The van der Waals surface area contributed by atoms with Crippen LogP contribution < -0.4 is 37.1 Å². The van der Waals surface area contributed by atoms with Gasteiger partial charge in [0.2, 0.25) is 23.6 Å². The van der Waals surface area contributed by atoms with Gasteiger partial charge in [-0.25, -0.2) is 9.97 Å². The van der Waals surface area contributed by atoms with Gasteiger partial charge in [-0.15, -0.1) is 0 Å². The number of ether oxygens (including phenoxy) is 1. The lowest BCUT2D eigenvalue weighted by Gasteiger charge is -2.33. The van der Waals surface area contributed by atoms with Gasteiger partial charge in [0.1, 0.15) is 48.3 Å². The predicted molar refractivity (Wildman–Crippen MR) is 239 cm³/mol. The second kappa shape index (κ2) is 19.7. The number of nitrogens with zero attached hydrogens (tertiary/aromatic N) is 4. The molecule has 4 aromatic rings. The van der Waals surface area contributed by atoms with Crippen molar-refractivity contribution in [3.63, 3.8) is 0 Å². The Hall–Kier alpha value is -6.90. The monoisotopic (exact) mass is 872 g/mol. The number of phenolic OH excluding ortho intramolecular Hbond substituents is 1. The molecule has 2 aliphatic rings. The van der Waals surface area contributed by atoms with E-state index in [1.807, 2.05) is 30.3 Å². The Labute approximate surface area is 372 Å². The first-order valence-corrected chi connectivity index (χ1v) is 21.2. The molecule has 4 atom stereocenters. The summed E-state index contributed by atoms with van der Waals surface area (Å²) in [4.78, 5) is 80.6. The molecule has 3 heterocycles. The molecule has 1 aromatic heterocycles. The van der Waals surface area contributed by atoms with Gasteiger partial charge < -0.3 is 47.1 Å². The number of hydrogen-bond acceptors (Lipinski definition) is 12. The fourth-order valence-electron chi connectivity index (χ4n) is 7.70. The number of carbonyl (C=O) groups is 5. The van der Waals surface area contributed by atoms with E-state index in [0.717, 1.165) is 16.0 Å². The van der Waals surface area contributed by atoms with Crippen molar-refractivity contribution in [2.24, 2.45) is 5.73 Å². The number of aromatic hydroxyl groups is 1. The van der Waals surface area contributed by atoms with Crippen molar-refractivity contribution < 1.29 is 33.8 Å². The van der Waals surface area contributed by atoms with E-state index in [2.05, 4.69) is 57.3 Å². The van der Waals surface area contributed by atoms with Crippen LogP contribution in [0.5, 0.6) is 11.5 Å². The molecule has 1 fully saturated rings. The zero-order valence-corrected chi connectivity index (χ0v) is 37.2. The fraction of sp³-hybridized carbons (Fsp3) is 0.404. The molecule has 0 aliphatic carbocycles. The van der Waals surface area contributed by atoms with Gasteiger partial charge >= 0.3 is 0 Å². The lowest BCUT2D eigenvalue weighted by Crippen LogP contribution is -2.56.